The summed E-state index contributed by atoms with van der Waals surface area (Å²) < 4.78 is 16.8. The number of benzene rings is 2. The van der Waals surface area contributed by atoms with E-state index in [1.165, 1.54) is 6.42 Å². The van der Waals surface area contributed by atoms with E-state index < -0.39 is 0 Å². The molecule has 1 fully saturated rings. The third kappa shape index (κ3) is 4.54. The third-order valence-electron chi connectivity index (χ3n) is 6.63. The molecule has 3 heterocycles. The van der Waals surface area contributed by atoms with Gasteiger partial charge in [0.1, 0.15) is 12.4 Å². The quantitative estimate of drug-likeness (QED) is 0.555. The molecule has 0 aliphatic carbocycles. The lowest BCUT2D eigenvalue weighted by molar-refractivity contribution is 0.0512. The largest absolute Gasteiger partial charge is 0.467 e. The molecule has 0 bridgehead atoms. The fourth-order valence-electron chi connectivity index (χ4n) is 4.79. The Hall–Kier alpha value is -3.10. The van der Waals surface area contributed by atoms with E-state index in [0.29, 0.717) is 31.6 Å². The first kappa shape index (κ1) is 21.7. The number of fused-ring (bicyclic) bond motifs is 2. The Morgan fingerprint density at radius 2 is 2.06 bits per heavy atom. The van der Waals surface area contributed by atoms with Crippen LogP contribution in [-0.2, 0) is 17.7 Å². The van der Waals surface area contributed by atoms with Crippen molar-refractivity contribution in [1.82, 2.24) is 14.9 Å². The molecule has 1 atom stereocenters. The van der Waals surface area contributed by atoms with E-state index in [-0.39, 0.29) is 12.4 Å². The number of hydrogen-bond acceptors (Lipinski definition) is 7. The van der Waals surface area contributed by atoms with Crippen molar-refractivity contribution in [2.24, 2.45) is 0 Å². The normalized spacial score (nSPS) is 18.5. The van der Waals surface area contributed by atoms with Crippen LogP contribution in [-0.4, -0.2) is 61.6 Å². The summed E-state index contributed by atoms with van der Waals surface area (Å²) in [5.74, 6) is 0.750. The molecule has 2 aliphatic heterocycles. The van der Waals surface area contributed by atoms with Crippen molar-refractivity contribution in [2.45, 2.75) is 31.8 Å². The van der Waals surface area contributed by atoms with Gasteiger partial charge in [-0.1, -0.05) is 24.3 Å². The number of hydrogen-bond donors (Lipinski definition) is 1. The summed E-state index contributed by atoms with van der Waals surface area (Å²) in [5.41, 5.74) is 2.47. The second kappa shape index (κ2) is 9.41. The maximum Gasteiger partial charge on any atom is 0.296 e. The minimum Gasteiger partial charge on any atom is -0.467 e. The van der Waals surface area contributed by atoms with E-state index in [0.717, 1.165) is 53.0 Å². The predicted octanol–water partition coefficient (Wildman–Crippen LogP) is 2.94. The molecular formula is C25H30N4O4. The van der Waals surface area contributed by atoms with Crippen molar-refractivity contribution in [2.75, 3.05) is 45.5 Å². The van der Waals surface area contributed by atoms with Gasteiger partial charge in [-0.25, -0.2) is 0 Å². The molecule has 1 N–H and O–H groups in total. The summed E-state index contributed by atoms with van der Waals surface area (Å²) in [6.07, 6.45) is 2.91. The SMILES string of the molecule is COCOc1cc(N2CCc3c(nc(OCC4CCCN4C)[nH]c3=O)C2)c2ccccc2c1. The van der Waals surface area contributed by atoms with Gasteiger partial charge in [0.2, 0.25) is 0 Å². The molecular weight excluding hydrogens is 420 g/mol. The predicted molar refractivity (Wildman–Crippen MR) is 127 cm³/mol. The smallest absolute Gasteiger partial charge is 0.296 e. The van der Waals surface area contributed by atoms with Gasteiger partial charge in [-0.3, -0.25) is 9.78 Å². The summed E-state index contributed by atoms with van der Waals surface area (Å²) in [5, 5.41) is 2.23. The summed E-state index contributed by atoms with van der Waals surface area (Å²) in [4.78, 5) is 24.8. The van der Waals surface area contributed by atoms with Crippen molar-refractivity contribution in [3.05, 3.63) is 58.0 Å². The lowest BCUT2D eigenvalue weighted by Crippen LogP contribution is -2.36. The molecule has 0 spiro atoms. The van der Waals surface area contributed by atoms with Crippen molar-refractivity contribution < 1.29 is 14.2 Å². The number of likely N-dealkylation sites (tertiary alicyclic amines) is 1. The molecule has 0 amide bonds. The zero-order chi connectivity index (χ0) is 22.8. The van der Waals surface area contributed by atoms with Crippen LogP contribution >= 0.6 is 0 Å². The van der Waals surface area contributed by atoms with Gasteiger partial charge >= 0.3 is 0 Å². The van der Waals surface area contributed by atoms with Crippen LogP contribution in [0.2, 0.25) is 0 Å². The van der Waals surface area contributed by atoms with Gasteiger partial charge in [0.15, 0.2) is 6.79 Å². The van der Waals surface area contributed by atoms with E-state index in [4.69, 9.17) is 19.2 Å². The highest BCUT2D eigenvalue weighted by molar-refractivity contribution is 5.95. The Morgan fingerprint density at radius 1 is 1.18 bits per heavy atom. The number of methoxy groups -OCH3 is 1. The van der Waals surface area contributed by atoms with Crippen LogP contribution in [0, 0.1) is 0 Å². The van der Waals surface area contributed by atoms with E-state index in [9.17, 15) is 4.79 Å². The molecule has 1 aromatic heterocycles. The first-order valence-corrected chi connectivity index (χ1v) is 11.5. The highest BCUT2D eigenvalue weighted by Gasteiger charge is 2.25. The van der Waals surface area contributed by atoms with Crippen LogP contribution in [0.3, 0.4) is 0 Å². The van der Waals surface area contributed by atoms with E-state index in [1.807, 2.05) is 24.3 Å². The fourth-order valence-corrected chi connectivity index (χ4v) is 4.79. The maximum atomic E-state index is 12.7. The van der Waals surface area contributed by atoms with Gasteiger partial charge in [-0.15, -0.1) is 0 Å². The average Bonchev–Trinajstić information content (AvgIpc) is 3.25. The Balaban J connectivity index is 1.42. The molecule has 2 aliphatic rings. The Bertz CT molecular complexity index is 1190. The van der Waals surface area contributed by atoms with E-state index >= 15 is 0 Å². The molecule has 8 nitrogen and oxygen atoms in total. The van der Waals surface area contributed by atoms with E-state index in [1.54, 1.807) is 7.11 Å². The Kier molecular flexibility index (Phi) is 6.20. The van der Waals surface area contributed by atoms with Crippen LogP contribution in [0.5, 0.6) is 11.8 Å². The van der Waals surface area contributed by atoms with Crippen LogP contribution in [0.1, 0.15) is 24.1 Å². The molecule has 1 unspecified atom stereocenters. The topological polar surface area (TPSA) is 79.9 Å². The molecule has 3 aromatic rings. The lowest BCUT2D eigenvalue weighted by Gasteiger charge is -2.31. The number of H-pyrrole nitrogens is 1. The molecule has 174 valence electrons. The van der Waals surface area contributed by atoms with Gasteiger partial charge in [0.25, 0.3) is 11.6 Å². The molecule has 5 rings (SSSR count). The number of rotatable bonds is 7. The first-order chi connectivity index (χ1) is 16.1. The first-order valence-electron chi connectivity index (χ1n) is 11.5. The molecule has 1 saturated heterocycles. The Morgan fingerprint density at radius 3 is 2.88 bits per heavy atom. The van der Waals surface area contributed by atoms with Crippen LogP contribution in [0.4, 0.5) is 5.69 Å². The van der Waals surface area contributed by atoms with Crippen LogP contribution < -0.4 is 19.9 Å². The lowest BCUT2D eigenvalue weighted by atomic mass is 10.0. The molecule has 2 aromatic carbocycles. The summed E-state index contributed by atoms with van der Waals surface area (Å²) in [7, 11) is 3.72. The van der Waals surface area contributed by atoms with Crippen molar-refractivity contribution in [3.63, 3.8) is 0 Å². The number of anilines is 1. The molecule has 33 heavy (non-hydrogen) atoms. The minimum atomic E-state index is -0.100. The van der Waals surface area contributed by atoms with E-state index in [2.05, 4.69) is 34.0 Å². The monoisotopic (exact) mass is 450 g/mol. The minimum absolute atomic E-state index is 0.100. The second-order valence-electron chi connectivity index (χ2n) is 8.77. The number of nitrogens with zero attached hydrogens (tertiary/aromatic N) is 3. The van der Waals surface area contributed by atoms with Crippen LogP contribution in [0.25, 0.3) is 10.8 Å². The third-order valence-corrected chi connectivity index (χ3v) is 6.63. The Labute approximate surface area is 193 Å². The number of aromatic nitrogens is 2. The highest BCUT2D eigenvalue weighted by Crippen LogP contribution is 2.34. The summed E-state index contributed by atoms with van der Waals surface area (Å²) in [6.45, 7) is 3.07. The highest BCUT2D eigenvalue weighted by atomic mass is 16.7. The number of ether oxygens (including phenoxy) is 3. The average molecular weight is 451 g/mol. The number of aromatic amines is 1. The van der Waals surface area contributed by atoms with Crippen LogP contribution in [0.15, 0.2) is 41.2 Å². The second-order valence-corrected chi connectivity index (χ2v) is 8.77. The maximum absolute atomic E-state index is 12.7. The van der Waals surface area contributed by atoms with Crippen molar-refractivity contribution in [1.29, 1.82) is 0 Å². The van der Waals surface area contributed by atoms with Gasteiger partial charge in [0, 0.05) is 42.4 Å². The van der Waals surface area contributed by atoms with Gasteiger partial charge in [0.05, 0.1) is 12.2 Å². The molecule has 0 saturated carbocycles. The van der Waals surface area contributed by atoms with Gasteiger partial charge < -0.3 is 24.0 Å². The van der Waals surface area contributed by atoms with Crippen molar-refractivity contribution in [3.8, 4) is 11.8 Å². The number of likely N-dealkylation sites (N-methyl/N-ethyl adjacent to an activating group) is 1. The summed E-state index contributed by atoms with van der Waals surface area (Å²) in [6, 6.07) is 13.0. The fraction of sp³-hybridized carbons (Fsp3) is 0.440. The molecule has 8 heteroatoms. The van der Waals surface area contributed by atoms with Crippen molar-refractivity contribution >= 4 is 16.5 Å². The molecule has 0 radical (unpaired) electrons. The van der Waals surface area contributed by atoms with Gasteiger partial charge in [-0.05, 0) is 44.3 Å². The zero-order valence-electron chi connectivity index (χ0n) is 19.2. The van der Waals surface area contributed by atoms with Gasteiger partial charge in [-0.2, -0.15) is 4.98 Å². The number of nitrogens with one attached hydrogen (secondary N) is 1. The zero-order valence-corrected chi connectivity index (χ0v) is 19.2. The standard InChI is InChI=1S/C25H30N4O4/c1-28-10-5-7-18(28)15-32-25-26-22-14-29(11-9-21(22)24(30)27-25)23-13-19(33-16-31-2)12-17-6-3-4-8-20(17)23/h3-4,6,8,12-13,18H,5,7,9-11,14-16H2,1-2H3,(H,26,27,30). The summed E-state index contributed by atoms with van der Waals surface area (Å²) >= 11 is 0.